The van der Waals surface area contributed by atoms with Gasteiger partial charge in [-0.25, -0.2) is 13.8 Å². The molecule has 0 saturated heterocycles. The largest absolute Gasteiger partial charge is 0.333 e. The van der Waals surface area contributed by atoms with Gasteiger partial charge in [-0.1, -0.05) is 6.07 Å². The van der Waals surface area contributed by atoms with Crippen LogP contribution in [0.4, 0.5) is 8.78 Å². The number of imidazole rings is 1. The Morgan fingerprint density at radius 3 is 2.35 bits per heavy atom. The molecular formula is C12H10F2N2O. The predicted octanol–water partition coefficient (Wildman–Crippen LogP) is 2.57. The van der Waals surface area contributed by atoms with E-state index in [2.05, 4.69) is 4.98 Å². The summed E-state index contributed by atoms with van der Waals surface area (Å²) in [5.74, 6) is -1.54. The summed E-state index contributed by atoms with van der Waals surface area (Å²) in [5.41, 5.74) is -0.0346. The third-order valence-electron chi connectivity index (χ3n) is 2.42. The van der Waals surface area contributed by atoms with Gasteiger partial charge in [0.05, 0.1) is 5.56 Å². The number of aromatic nitrogens is 2. The molecule has 0 fully saturated rings. The minimum absolute atomic E-state index is 0.103. The SMILES string of the molecule is CC(=O)c1cn(C)c(-c2c(F)cccc2F)n1. The maximum absolute atomic E-state index is 13.5. The Kier molecular flexibility index (Phi) is 2.75. The molecule has 0 aliphatic heterocycles. The van der Waals surface area contributed by atoms with Crippen molar-refractivity contribution in [1.29, 1.82) is 0 Å². The van der Waals surface area contributed by atoms with Crippen molar-refractivity contribution in [2.45, 2.75) is 6.92 Å². The van der Waals surface area contributed by atoms with E-state index in [0.29, 0.717) is 0 Å². The van der Waals surface area contributed by atoms with Gasteiger partial charge in [0.15, 0.2) is 5.78 Å². The highest BCUT2D eigenvalue weighted by atomic mass is 19.1. The van der Waals surface area contributed by atoms with E-state index in [1.54, 1.807) is 7.05 Å². The molecule has 5 heteroatoms. The van der Waals surface area contributed by atoms with Gasteiger partial charge in [0, 0.05) is 20.2 Å². The standard InChI is InChI=1S/C12H10F2N2O/c1-7(17)10-6-16(2)12(15-10)11-8(13)4-3-5-9(11)14/h3-6H,1-2H3. The van der Waals surface area contributed by atoms with E-state index in [4.69, 9.17) is 0 Å². The summed E-state index contributed by atoms with van der Waals surface area (Å²) in [7, 11) is 1.58. The fraction of sp³-hybridized carbons (Fsp3) is 0.167. The van der Waals surface area contributed by atoms with Crippen LogP contribution in [-0.2, 0) is 7.05 Å². The highest BCUT2D eigenvalue weighted by Gasteiger charge is 2.17. The van der Waals surface area contributed by atoms with E-state index in [1.807, 2.05) is 0 Å². The molecule has 0 spiro atoms. The van der Waals surface area contributed by atoms with Crippen molar-refractivity contribution in [3.63, 3.8) is 0 Å². The lowest BCUT2D eigenvalue weighted by Gasteiger charge is -2.04. The quantitative estimate of drug-likeness (QED) is 0.751. The summed E-state index contributed by atoms with van der Waals surface area (Å²) < 4.78 is 28.5. The number of carbonyl (C=O) groups is 1. The van der Waals surface area contributed by atoms with Gasteiger partial charge in [-0.2, -0.15) is 0 Å². The Balaban J connectivity index is 2.64. The van der Waals surface area contributed by atoms with Gasteiger partial charge in [0.1, 0.15) is 23.2 Å². The number of benzene rings is 1. The molecule has 3 nitrogen and oxygen atoms in total. The minimum atomic E-state index is -0.700. The molecule has 2 rings (SSSR count). The van der Waals surface area contributed by atoms with E-state index in [0.717, 1.165) is 12.1 Å². The average Bonchev–Trinajstić information content (AvgIpc) is 2.61. The molecule has 0 N–H and O–H groups in total. The summed E-state index contributed by atoms with van der Waals surface area (Å²) in [4.78, 5) is 15.1. The van der Waals surface area contributed by atoms with Crippen LogP contribution in [0.25, 0.3) is 11.4 Å². The molecule has 17 heavy (non-hydrogen) atoms. The van der Waals surface area contributed by atoms with Crippen molar-refractivity contribution >= 4 is 5.78 Å². The fourth-order valence-electron chi connectivity index (χ4n) is 1.58. The lowest BCUT2D eigenvalue weighted by Crippen LogP contribution is -1.97. The van der Waals surface area contributed by atoms with Crippen molar-refractivity contribution in [3.05, 3.63) is 41.7 Å². The van der Waals surface area contributed by atoms with Gasteiger partial charge >= 0.3 is 0 Å². The molecule has 0 aliphatic carbocycles. The van der Waals surface area contributed by atoms with Gasteiger partial charge in [0.2, 0.25) is 0 Å². The molecule has 1 heterocycles. The maximum atomic E-state index is 13.5. The summed E-state index contributed by atoms with van der Waals surface area (Å²) in [5, 5.41) is 0. The first-order valence-corrected chi connectivity index (χ1v) is 4.99. The van der Waals surface area contributed by atoms with Crippen molar-refractivity contribution in [1.82, 2.24) is 9.55 Å². The average molecular weight is 236 g/mol. The smallest absolute Gasteiger partial charge is 0.179 e. The Labute approximate surface area is 96.7 Å². The summed E-state index contributed by atoms with van der Waals surface area (Å²) in [6, 6.07) is 3.59. The van der Waals surface area contributed by atoms with Crippen LogP contribution in [0, 0.1) is 11.6 Å². The van der Waals surface area contributed by atoms with Crippen molar-refractivity contribution in [3.8, 4) is 11.4 Å². The first-order valence-electron chi connectivity index (χ1n) is 4.99. The van der Waals surface area contributed by atoms with Crippen LogP contribution in [0.5, 0.6) is 0 Å². The zero-order chi connectivity index (χ0) is 12.6. The summed E-state index contributed by atoms with van der Waals surface area (Å²) in [6.45, 7) is 1.35. The van der Waals surface area contributed by atoms with Crippen molar-refractivity contribution in [2.75, 3.05) is 0 Å². The number of carbonyl (C=O) groups excluding carboxylic acids is 1. The molecule has 88 valence electrons. The molecular weight excluding hydrogens is 226 g/mol. The van der Waals surface area contributed by atoms with Crippen LogP contribution in [0.1, 0.15) is 17.4 Å². The Bertz CT molecular complexity index is 570. The van der Waals surface area contributed by atoms with E-state index in [9.17, 15) is 13.6 Å². The highest BCUT2D eigenvalue weighted by molar-refractivity contribution is 5.92. The molecule has 0 aliphatic rings. The van der Waals surface area contributed by atoms with E-state index < -0.39 is 11.6 Å². The second-order valence-corrected chi connectivity index (χ2v) is 3.71. The lowest BCUT2D eigenvalue weighted by atomic mass is 10.2. The van der Waals surface area contributed by atoms with E-state index >= 15 is 0 Å². The molecule has 0 saturated carbocycles. The van der Waals surface area contributed by atoms with Gasteiger partial charge in [-0.05, 0) is 12.1 Å². The molecule has 1 aromatic carbocycles. The van der Waals surface area contributed by atoms with Gasteiger partial charge in [-0.15, -0.1) is 0 Å². The summed E-state index contributed by atoms with van der Waals surface area (Å²) >= 11 is 0. The predicted molar refractivity (Wildman–Crippen MR) is 58.6 cm³/mol. The second-order valence-electron chi connectivity index (χ2n) is 3.71. The number of ketones is 1. The molecule has 0 radical (unpaired) electrons. The minimum Gasteiger partial charge on any atom is -0.333 e. The van der Waals surface area contributed by atoms with Gasteiger partial charge in [0.25, 0.3) is 0 Å². The van der Waals surface area contributed by atoms with Crippen molar-refractivity contribution < 1.29 is 13.6 Å². The van der Waals surface area contributed by atoms with E-state index in [1.165, 1.54) is 23.8 Å². The fourth-order valence-corrected chi connectivity index (χ4v) is 1.58. The highest BCUT2D eigenvalue weighted by Crippen LogP contribution is 2.24. The zero-order valence-electron chi connectivity index (χ0n) is 9.37. The molecule has 0 atom stereocenters. The number of Topliss-reactive ketones (excluding diaryl/α,β-unsaturated/α-hetero) is 1. The third-order valence-corrected chi connectivity index (χ3v) is 2.42. The normalized spacial score (nSPS) is 10.6. The number of nitrogens with zero attached hydrogens (tertiary/aromatic N) is 2. The third kappa shape index (κ3) is 1.95. The zero-order valence-corrected chi connectivity index (χ0v) is 9.37. The van der Waals surface area contributed by atoms with E-state index in [-0.39, 0.29) is 22.9 Å². The second kappa shape index (κ2) is 4.08. The number of halogens is 2. The number of rotatable bonds is 2. The van der Waals surface area contributed by atoms with Gasteiger partial charge in [-0.3, -0.25) is 4.79 Å². The van der Waals surface area contributed by atoms with Crippen LogP contribution in [0.3, 0.4) is 0 Å². The van der Waals surface area contributed by atoms with Gasteiger partial charge < -0.3 is 4.57 Å². The first-order chi connectivity index (χ1) is 8.00. The Morgan fingerprint density at radius 1 is 1.29 bits per heavy atom. The molecule has 0 bridgehead atoms. The topological polar surface area (TPSA) is 34.9 Å². The Morgan fingerprint density at radius 2 is 1.88 bits per heavy atom. The van der Waals surface area contributed by atoms with Crippen LogP contribution < -0.4 is 0 Å². The Hall–Kier alpha value is -2.04. The van der Waals surface area contributed by atoms with Crippen LogP contribution in [0.15, 0.2) is 24.4 Å². The molecule has 0 amide bonds. The number of hydrogen-bond acceptors (Lipinski definition) is 2. The number of aryl methyl sites for hydroxylation is 1. The first kappa shape index (κ1) is 11.4. The van der Waals surface area contributed by atoms with Crippen LogP contribution in [-0.4, -0.2) is 15.3 Å². The molecule has 0 unspecified atom stereocenters. The van der Waals surface area contributed by atoms with Crippen molar-refractivity contribution in [2.24, 2.45) is 7.05 Å². The number of hydrogen-bond donors (Lipinski definition) is 0. The van der Waals surface area contributed by atoms with Crippen LogP contribution >= 0.6 is 0 Å². The molecule has 1 aromatic heterocycles. The maximum Gasteiger partial charge on any atom is 0.179 e. The lowest BCUT2D eigenvalue weighted by molar-refractivity contribution is 0.101. The summed E-state index contributed by atoms with van der Waals surface area (Å²) in [6.07, 6.45) is 1.45. The monoisotopic (exact) mass is 236 g/mol. The molecule has 2 aromatic rings. The van der Waals surface area contributed by atoms with Crippen LogP contribution in [0.2, 0.25) is 0 Å².